The first-order chi connectivity index (χ1) is 6.77. The first kappa shape index (κ1) is 9.09. The van der Waals surface area contributed by atoms with Gasteiger partial charge in [0, 0.05) is 6.20 Å². The van der Waals surface area contributed by atoms with Gasteiger partial charge in [-0.15, -0.1) is 0 Å². The second-order valence-corrected chi connectivity index (χ2v) is 3.04. The molecule has 0 radical (unpaired) electrons. The fraction of sp³-hybridized carbons (Fsp3) is 0. The van der Waals surface area contributed by atoms with Gasteiger partial charge in [0.1, 0.15) is 0 Å². The van der Waals surface area contributed by atoms with Crippen molar-refractivity contribution in [3.05, 3.63) is 47.5 Å². The maximum atomic E-state index is 12.8. The molecule has 0 bridgehead atoms. The lowest BCUT2D eigenvalue weighted by atomic mass is 10.2. The van der Waals surface area contributed by atoms with Gasteiger partial charge in [0.05, 0.1) is 11.4 Å². The molecule has 0 fully saturated rings. The zero-order valence-electron chi connectivity index (χ0n) is 7.11. The van der Waals surface area contributed by atoms with Crippen molar-refractivity contribution in [3.8, 4) is 11.4 Å². The van der Waals surface area contributed by atoms with Crippen LogP contribution in [0, 0.1) is 5.82 Å². The SMILES string of the molecule is Fc1ccc(-c2ccccn2)nc1Cl. The molecule has 14 heavy (non-hydrogen) atoms. The number of pyridine rings is 2. The Labute approximate surface area is 85.4 Å². The van der Waals surface area contributed by atoms with Gasteiger partial charge < -0.3 is 0 Å². The molecule has 0 aliphatic carbocycles. The highest BCUT2D eigenvalue weighted by Crippen LogP contribution is 2.18. The Kier molecular flexibility index (Phi) is 2.41. The average molecular weight is 209 g/mol. The van der Waals surface area contributed by atoms with Crippen molar-refractivity contribution >= 4 is 11.6 Å². The minimum Gasteiger partial charge on any atom is -0.255 e. The van der Waals surface area contributed by atoms with E-state index in [2.05, 4.69) is 9.97 Å². The Morgan fingerprint density at radius 2 is 1.93 bits per heavy atom. The van der Waals surface area contributed by atoms with E-state index in [1.54, 1.807) is 24.4 Å². The van der Waals surface area contributed by atoms with Crippen molar-refractivity contribution in [2.75, 3.05) is 0 Å². The second-order valence-electron chi connectivity index (χ2n) is 2.68. The van der Waals surface area contributed by atoms with Gasteiger partial charge in [-0.05, 0) is 24.3 Å². The largest absolute Gasteiger partial charge is 0.255 e. The quantitative estimate of drug-likeness (QED) is 0.674. The summed E-state index contributed by atoms with van der Waals surface area (Å²) in [6.07, 6.45) is 1.65. The van der Waals surface area contributed by atoms with Gasteiger partial charge in [-0.2, -0.15) is 0 Å². The Hall–Kier alpha value is -1.48. The molecule has 4 heteroatoms. The number of halogens is 2. The van der Waals surface area contributed by atoms with Crippen LogP contribution >= 0.6 is 11.6 Å². The van der Waals surface area contributed by atoms with Crippen LogP contribution in [0.3, 0.4) is 0 Å². The van der Waals surface area contributed by atoms with Gasteiger partial charge in [-0.25, -0.2) is 9.37 Å². The monoisotopic (exact) mass is 208 g/mol. The van der Waals surface area contributed by atoms with Crippen molar-refractivity contribution in [3.63, 3.8) is 0 Å². The highest BCUT2D eigenvalue weighted by molar-refractivity contribution is 6.29. The molecule has 0 amide bonds. The van der Waals surface area contributed by atoms with Crippen LogP contribution in [0.1, 0.15) is 0 Å². The first-order valence-electron chi connectivity index (χ1n) is 4.01. The standard InChI is InChI=1S/C10H6ClFN2/c11-10-7(12)4-5-9(14-10)8-3-1-2-6-13-8/h1-6H. The van der Waals surface area contributed by atoms with Crippen LogP contribution in [0.15, 0.2) is 36.5 Å². The van der Waals surface area contributed by atoms with Crippen LogP contribution in [-0.2, 0) is 0 Å². The first-order valence-corrected chi connectivity index (χ1v) is 4.38. The second kappa shape index (κ2) is 3.72. The van der Waals surface area contributed by atoms with Crippen molar-refractivity contribution < 1.29 is 4.39 Å². The number of hydrogen-bond donors (Lipinski definition) is 0. The molecule has 0 saturated carbocycles. The maximum absolute atomic E-state index is 12.8. The Morgan fingerprint density at radius 3 is 2.57 bits per heavy atom. The molecule has 2 nitrogen and oxygen atoms in total. The van der Waals surface area contributed by atoms with Crippen LogP contribution in [0.2, 0.25) is 5.15 Å². The molecule has 70 valence electrons. The summed E-state index contributed by atoms with van der Waals surface area (Å²) in [4.78, 5) is 7.95. The molecule has 2 aromatic heterocycles. The highest BCUT2D eigenvalue weighted by atomic mass is 35.5. The van der Waals surface area contributed by atoms with Gasteiger partial charge >= 0.3 is 0 Å². The minimum absolute atomic E-state index is 0.131. The molecule has 0 N–H and O–H groups in total. The third-order valence-electron chi connectivity index (χ3n) is 1.73. The van der Waals surface area contributed by atoms with E-state index in [0.717, 1.165) is 0 Å². The predicted octanol–water partition coefficient (Wildman–Crippen LogP) is 2.94. The Morgan fingerprint density at radius 1 is 1.07 bits per heavy atom. The lowest BCUT2D eigenvalue weighted by Gasteiger charge is -1.99. The lowest BCUT2D eigenvalue weighted by molar-refractivity contribution is 0.622. The third kappa shape index (κ3) is 1.72. The van der Waals surface area contributed by atoms with E-state index in [4.69, 9.17) is 11.6 Å². The number of rotatable bonds is 1. The van der Waals surface area contributed by atoms with E-state index in [-0.39, 0.29) is 5.15 Å². The summed E-state index contributed by atoms with van der Waals surface area (Å²) in [5.74, 6) is -0.522. The number of hydrogen-bond acceptors (Lipinski definition) is 2. The molecule has 0 aliphatic rings. The summed E-state index contributed by atoms with van der Waals surface area (Å²) in [5.41, 5.74) is 1.24. The molecule has 0 aromatic carbocycles. The molecule has 0 atom stereocenters. The predicted molar refractivity (Wildman–Crippen MR) is 52.4 cm³/mol. The zero-order chi connectivity index (χ0) is 9.97. The van der Waals surface area contributed by atoms with Gasteiger partial charge in [0.15, 0.2) is 11.0 Å². The van der Waals surface area contributed by atoms with Crippen molar-refractivity contribution in [2.24, 2.45) is 0 Å². The van der Waals surface area contributed by atoms with Crippen molar-refractivity contribution in [1.29, 1.82) is 0 Å². The molecule has 0 aliphatic heterocycles. The van der Waals surface area contributed by atoms with Gasteiger partial charge in [-0.1, -0.05) is 17.7 Å². The fourth-order valence-electron chi connectivity index (χ4n) is 1.07. The molecule has 2 heterocycles. The van der Waals surface area contributed by atoms with Gasteiger partial charge in [-0.3, -0.25) is 4.98 Å². The summed E-state index contributed by atoms with van der Waals surface area (Å²) < 4.78 is 12.8. The van der Waals surface area contributed by atoms with E-state index >= 15 is 0 Å². The van der Waals surface area contributed by atoms with E-state index < -0.39 is 5.82 Å². The minimum atomic E-state index is -0.522. The van der Waals surface area contributed by atoms with E-state index in [0.29, 0.717) is 11.4 Å². The topological polar surface area (TPSA) is 25.8 Å². The average Bonchev–Trinajstić information content (AvgIpc) is 2.23. The molecule has 0 unspecified atom stereocenters. The lowest BCUT2D eigenvalue weighted by Crippen LogP contribution is -1.89. The summed E-state index contributed by atoms with van der Waals surface area (Å²) in [6, 6.07) is 8.25. The Balaban J connectivity index is 2.48. The van der Waals surface area contributed by atoms with E-state index in [9.17, 15) is 4.39 Å². The molecule has 0 spiro atoms. The van der Waals surface area contributed by atoms with Crippen molar-refractivity contribution in [1.82, 2.24) is 9.97 Å². The van der Waals surface area contributed by atoms with Crippen molar-refractivity contribution in [2.45, 2.75) is 0 Å². The summed E-state index contributed by atoms with van der Waals surface area (Å²) in [7, 11) is 0. The molecule has 2 aromatic rings. The Bertz CT molecular complexity index is 445. The van der Waals surface area contributed by atoms with Crippen LogP contribution in [0.4, 0.5) is 4.39 Å². The normalized spacial score (nSPS) is 10.1. The van der Waals surface area contributed by atoms with Crippen LogP contribution in [0.25, 0.3) is 11.4 Å². The van der Waals surface area contributed by atoms with E-state index in [1.807, 2.05) is 6.07 Å². The maximum Gasteiger partial charge on any atom is 0.165 e. The third-order valence-corrected chi connectivity index (χ3v) is 2.00. The molecule has 0 saturated heterocycles. The summed E-state index contributed by atoms with van der Waals surface area (Å²) in [6.45, 7) is 0. The summed E-state index contributed by atoms with van der Waals surface area (Å²) >= 11 is 5.55. The zero-order valence-corrected chi connectivity index (χ0v) is 7.87. The van der Waals surface area contributed by atoms with Crippen LogP contribution in [-0.4, -0.2) is 9.97 Å². The number of nitrogens with zero attached hydrogens (tertiary/aromatic N) is 2. The fourth-order valence-corrected chi connectivity index (χ4v) is 1.23. The van der Waals surface area contributed by atoms with Gasteiger partial charge in [0.2, 0.25) is 0 Å². The highest BCUT2D eigenvalue weighted by Gasteiger charge is 2.04. The summed E-state index contributed by atoms with van der Waals surface area (Å²) in [5, 5.41) is -0.131. The van der Waals surface area contributed by atoms with E-state index in [1.165, 1.54) is 6.07 Å². The van der Waals surface area contributed by atoms with Crippen LogP contribution in [0.5, 0.6) is 0 Å². The molecular formula is C10H6ClFN2. The van der Waals surface area contributed by atoms with Crippen LogP contribution < -0.4 is 0 Å². The number of aromatic nitrogens is 2. The smallest absolute Gasteiger partial charge is 0.165 e. The molecular weight excluding hydrogens is 203 g/mol. The van der Waals surface area contributed by atoms with Gasteiger partial charge in [0.25, 0.3) is 0 Å². The molecule has 2 rings (SSSR count).